The second-order valence-corrected chi connectivity index (χ2v) is 5.55. The van der Waals surface area contributed by atoms with Crippen molar-refractivity contribution in [2.45, 2.75) is 31.7 Å². The fourth-order valence-electron chi connectivity index (χ4n) is 3.09. The van der Waals surface area contributed by atoms with E-state index in [9.17, 15) is 4.39 Å². The minimum absolute atomic E-state index is 0.268. The predicted octanol–water partition coefficient (Wildman–Crippen LogP) is 3.76. The van der Waals surface area contributed by atoms with Crippen LogP contribution in [0.1, 0.15) is 36.5 Å². The number of benzene rings is 2. The molecule has 2 N–H and O–H groups in total. The molecule has 2 aromatic rings. The Morgan fingerprint density at radius 3 is 2.67 bits per heavy atom. The van der Waals surface area contributed by atoms with Gasteiger partial charge in [0.05, 0.1) is 12.1 Å². The summed E-state index contributed by atoms with van der Waals surface area (Å²) in [5, 5.41) is 0. The molecule has 0 saturated heterocycles. The van der Waals surface area contributed by atoms with Gasteiger partial charge in [0, 0.05) is 11.1 Å². The van der Waals surface area contributed by atoms with Crippen molar-refractivity contribution in [3.8, 4) is 5.75 Å². The maximum absolute atomic E-state index is 14.3. The van der Waals surface area contributed by atoms with Crippen LogP contribution in [-0.4, -0.2) is 6.61 Å². The summed E-state index contributed by atoms with van der Waals surface area (Å²) in [7, 11) is 0. The number of hydrogen-bond donors (Lipinski definition) is 1. The molecule has 0 bridgehead atoms. The van der Waals surface area contributed by atoms with Crippen LogP contribution in [0.2, 0.25) is 0 Å². The number of fused-ring (bicyclic) bond motifs is 1. The van der Waals surface area contributed by atoms with E-state index >= 15 is 0 Å². The van der Waals surface area contributed by atoms with Crippen molar-refractivity contribution in [3.05, 3.63) is 65.0 Å². The molecule has 0 aromatic heterocycles. The average Bonchev–Trinajstić information content (AvgIpc) is 2.54. The minimum atomic E-state index is -0.867. The van der Waals surface area contributed by atoms with Crippen LogP contribution >= 0.6 is 0 Å². The van der Waals surface area contributed by atoms with Crippen LogP contribution in [0.5, 0.6) is 5.75 Å². The summed E-state index contributed by atoms with van der Waals surface area (Å²) < 4.78 is 20.1. The lowest BCUT2D eigenvalue weighted by Gasteiger charge is -2.33. The van der Waals surface area contributed by atoms with Gasteiger partial charge in [-0.05, 0) is 30.9 Å². The third kappa shape index (κ3) is 2.32. The van der Waals surface area contributed by atoms with Gasteiger partial charge in [-0.2, -0.15) is 0 Å². The molecular weight excluding hydrogens is 265 g/mol. The van der Waals surface area contributed by atoms with Gasteiger partial charge in [0.25, 0.3) is 0 Å². The van der Waals surface area contributed by atoms with Gasteiger partial charge >= 0.3 is 0 Å². The zero-order chi connectivity index (χ0) is 14.9. The highest BCUT2D eigenvalue weighted by molar-refractivity contribution is 5.51. The Kier molecular flexibility index (Phi) is 3.68. The lowest BCUT2D eigenvalue weighted by molar-refractivity contribution is 0.278. The van der Waals surface area contributed by atoms with Crippen molar-refractivity contribution in [1.29, 1.82) is 0 Å². The SMILES string of the molecule is CCC(N)(c1ccccc1F)c1cccc2c1OCCC2. The third-order valence-corrected chi connectivity index (χ3v) is 4.33. The van der Waals surface area contributed by atoms with Gasteiger partial charge in [0.2, 0.25) is 0 Å². The Morgan fingerprint density at radius 1 is 1.14 bits per heavy atom. The van der Waals surface area contributed by atoms with Crippen LogP contribution < -0.4 is 10.5 Å². The lowest BCUT2D eigenvalue weighted by atomic mass is 9.79. The van der Waals surface area contributed by atoms with Gasteiger partial charge in [-0.15, -0.1) is 0 Å². The van der Waals surface area contributed by atoms with E-state index in [4.69, 9.17) is 10.5 Å². The summed E-state index contributed by atoms with van der Waals surface area (Å²) >= 11 is 0. The predicted molar refractivity (Wildman–Crippen MR) is 81.9 cm³/mol. The zero-order valence-electron chi connectivity index (χ0n) is 12.2. The fourth-order valence-corrected chi connectivity index (χ4v) is 3.09. The topological polar surface area (TPSA) is 35.2 Å². The van der Waals surface area contributed by atoms with Crippen molar-refractivity contribution >= 4 is 0 Å². The van der Waals surface area contributed by atoms with E-state index in [1.54, 1.807) is 12.1 Å². The minimum Gasteiger partial charge on any atom is -0.493 e. The number of halogens is 1. The molecule has 0 spiro atoms. The normalized spacial score (nSPS) is 16.7. The molecule has 1 atom stereocenters. The van der Waals surface area contributed by atoms with Gasteiger partial charge < -0.3 is 10.5 Å². The maximum atomic E-state index is 14.3. The number of aryl methyl sites for hydroxylation is 1. The second-order valence-electron chi connectivity index (χ2n) is 5.55. The first-order chi connectivity index (χ1) is 10.2. The Bertz CT molecular complexity index is 655. The summed E-state index contributed by atoms with van der Waals surface area (Å²) in [5.41, 5.74) is 8.35. The first kappa shape index (κ1) is 14.1. The Morgan fingerprint density at radius 2 is 1.90 bits per heavy atom. The highest BCUT2D eigenvalue weighted by atomic mass is 19.1. The molecule has 2 aromatic carbocycles. The number of nitrogens with two attached hydrogens (primary N) is 1. The van der Waals surface area contributed by atoms with Crippen molar-refractivity contribution in [3.63, 3.8) is 0 Å². The van der Waals surface area contributed by atoms with Gasteiger partial charge in [-0.1, -0.05) is 43.3 Å². The van der Waals surface area contributed by atoms with E-state index in [2.05, 4.69) is 6.07 Å². The highest BCUT2D eigenvalue weighted by Crippen LogP contribution is 2.40. The van der Waals surface area contributed by atoms with E-state index in [0.29, 0.717) is 18.6 Å². The number of rotatable bonds is 3. The van der Waals surface area contributed by atoms with E-state index in [-0.39, 0.29) is 5.82 Å². The van der Waals surface area contributed by atoms with Crippen LogP contribution in [0.4, 0.5) is 4.39 Å². The maximum Gasteiger partial charge on any atom is 0.128 e. The molecule has 0 amide bonds. The van der Waals surface area contributed by atoms with Gasteiger partial charge in [0.15, 0.2) is 0 Å². The van der Waals surface area contributed by atoms with Crippen LogP contribution in [0.25, 0.3) is 0 Å². The molecular formula is C18H20FNO. The number of para-hydroxylation sites is 1. The largest absolute Gasteiger partial charge is 0.493 e. The fraction of sp³-hybridized carbons (Fsp3) is 0.333. The van der Waals surface area contributed by atoms with Gasteiger partial charge in [0.1, 0.15) is 11.6 Å². The number of hydrogen-bond acceptors (Lipinski definition) is 2. The molecule has 0 radical (unpaired) electrons. The molecule has 3 rings (SSSR count). The first-order valence-electron chi connectivity index (χ1n) is 7.46. The molecule has 0 aliphatic carbocycles. The zero-order valence-corrected chi connectivity index (χ0v) is 12.2. The van der Waals surface area contributed by atoms with E-state index < -0.39 is 5.54 Å². The molecule has 110 valence electrons. The summed E-state index contributed by atoms with van der Waals surface area (Å²) in [6, 6.07) is 12.7. The Labute approximate surface area is 124 Å². The van der Waals surface area contributed by atoms with Crippen molar-refractivity contribution in [1.82, 2.24) is 0 Å². The van der Waals surface area contributed by atoms with E-state index in [1.807, 2.05) is 25.1 Å². The molecule has 21 heavy (non-hydrogen) atoms. The highest BCUT2D eigenvalue weighted by Gasteiger charge is 2.34. The molecule has 1 unspecified atom stereocenters. The van der Waals surface area contributed by atoms with Crippen molar-refractivity contribution in [2.75, 3.05) is 6.61 Å². The first-order valence-corrected chi connectivity index (χ1v) is 7.46. The van der Waals surface area contributed by atoms with Crippen LogP contribution in [-0.2, 0) is 12.0 Å². The second kappa shape index (κ2) is 5.49. The third-order valence-electron chi connectivity index (χ3n) is 4.33. The van der Waals surface area contributed by atoms with Crippen molar-refractivity contribution < 1.29 is 9.13 Å². The van der Waals surface area contributed by atoms with Crippen LogP contribution in [0, 0.1) is 5.82 Å². The summed E-state index contributed by atoms with van der Waals surface area (Å²) in [5.74, 6) is 0.576. The summed E-state index contributed by atoms with van der Waals surface area (Å²) in [6.45, 7) is 2.68. The lowest BCUT2D eigenvalue weighted by Crippen LogP contribution is -2.39. The standard InChI is InChI=1S/C18H20FNO/c1-2-18(20,14-9-3-4-11-16(14)19)15-10-5-7-13-8-6-12-21-17(13)15/h3-5,7,9-11H,2,6,8,12,20H2,1H3. The monoisotopic (exact) mass is 285 g/mol. The summed E-state index contributed by atoms with van der Waals surface area (Å²) in [4.78, 5) is 0. The average molecular weight is 285 g/mol. The molecule has 0 fully saturated rings. The quantitative estimate of drug-likeness (QED) is 0.932. The molecule has 2 nitrogen and oxygen atoms in total. The number of ether oxygens (including phenoxy) is 1. The summed E-state index contributed by atoms with van der Waals surface area (Å²) in [6.07, 6.45) is 2.60. The Balaban J connectivity index is 2.19. The molecule has 1 aliphatic rings. The molecule has 3 heteroatoms. The molecule has 1 heterocycles. The van der Waals surface area contributed by atoms with Crippen LogP contribution in [0.15, 0.2) is 42.5 Å². The Hall–Kier alpha value is -1.87. The van der Waals surface area contributed by atoms with Gasteiger partial charge in [-0.25, -0.2) is 4.39 Å². The molecule has 1 aliphatic heterocycles. The van der Waals surface area contributed by atoms with E-state index in [0.717, 1.165) is 24.2 Å². The van der Waals surface area contributed by atoms with E-state index in [1.165, 1.54) is 11.6 Å². The van der Waals surface area contributed by atoms with Crippen molar-refractivity contribution in [2.24, 2.45) is 5.73 Å². The smallest absolute Gasteiger partial charge is 0.128 e. The molecule has 0 saturated carbocycles. The van der Waals surface area contributed by atoms with Gasteiger partial charge in [-0.3, -0.25) is 0 Å². The van der Waals surface area contributed by atoms with Crippen LogP contribution in [0.3, 0.4) is 0 Å².